The monoisotopic (exact) mass is 287 g/mol. The number of halogens is 1. The number of nitrogens with zero attached hydrogens (tertiary/aromatic N) is 1. The van der Waals surface area contributed by atoms with E-state index in [0.29, 0.717) is 28.7 Å². The van der Waals surface area contributed by atoms with Gasteiger partial charge in [0.05, 0.1) is 0 Å². The molecule has 2 bridgehead atoms. The molecule has 2 aliphatic heterocycles. The van der Waals surface area contributed by atoms with Gasteiger partial charge in [-0.1, -0.05) is 29.8 Å². The Morgan fingerprint density at radius 1 is 1.31 bits per heavy atom. The molecule has 16 heavy (non-hydrogen) atoms. The van der Waals surface area contributed by atoms with E-state index in [2.05, 4.69) is 34.7 Å². The first-order valence-corrected chi connectivity index (χ1v) is 7.44. The summed E-state index contributed by atoms with van der Waals surface area (Å²) < 4.78 is 0. The van der Waals surface area contributed by atoms with E-state index < -0.39 is 0 Å². The highest BCUT2D eigenvalue weighted by atomic mass is 79.9. The number of carbonyl (C=O) groups excluding carboxylic acids is 1. The zero-order valence-corrected chi connectivity index (χ0v) is 11.9. The minimum Gasteiger partial charge on any atom is -0.337 e. The van der Waals surface area contributed by atoms with E-state index in [9.17, 15) is 4.79 Å². The Labute approximate surface area is 107 Å². The Balaban J connectivity index is 1.92. The van der Waals surface area contributed by atoms with Crippen molar-refractivity contribution in [2.24, 2.45) is 5.92 Å². The van der Waals surface area contributed by atoms with Gasteiger partial charge < -0.3 is 4.90 Å². The van der Waals surface area contributed by atoms with Gasteiger partial charge in [-0.15, -0.1) is 0 Å². The van der Waals surface area contributed by atoms with Crippen molar-refractivity contribution in [1.82, 2.24) is 4.90 Å². The Kier molecular flexibility index (Phi) is 3.93. The van der Waals surface area contributed by atoms with Gasteiger partial charge in [0.15, 0.2) is 0 Å². The fourth-order valence-corrected chi connectivity index (χ4v) is 3.92. The molecule has 2 nitrogen and oxygen atoms in total. The fourth-order valence-electron chi connectivity index (χ4n) is 3.06. The van der Waals surface area contributed by atoms with Gasteiger partial charge in [0, 0.05) is 23.3 Å². The Hall–Kier alpha value is -0.0500. The lowest BCUT2D eigenvalue weighted by Crippen LogP contribution is -2.46. The molecule has 3 heteroatoms. The molecule has 0 aromatic carbocycles. The van der Waals surface area contributed by atoms with Gasteiger partial charge in [-0.25, -0.2) is 0 Å². The molecule has 2 heterocycles. The van der Waals surface area contributed by atoms with Crippen LogP contribution in [0.3, 0.4) is 0 Å². The lowest BCUT2D eigenvalue weighted by Gasteiger charge is -2.37. The van der Waals surface area contributed by atoms with Gasteiger partial charge in [-0.3, -0.25) is 4.79 Å². The van der Waals surface area contributed by atoms with Crippen molar-refractivity contribution < 1.29 is 4.79 Å². The average Bonchev–Trinajstić information content (AvgIpc) is 2.48. The lowest BCUT2D eigenvalue weighted by molar-refractivity contribution is -0.135. The van der Waals surface area contributed by atoms with Crippen LogP contribution in [0.25, 0.3) is 0 Å². The second-order valence-corrected chi connectivity index (χ2v) is 6.98. The molecule has 2 atom stereocenters. The lowest BCUT2D eigenvalue weighted by atomic mass is 10.0. The van der Waals surface area contributed by atoms with Crippen LogP contribution in [0.4, 0.5) is 0 Å². The first kappa shape index (κ1) is 12.4. The van der Waals surface area contributed by atoms with Gasteiger partial charge >= 0.3 is 0 Å². The van der Waals surface area contributed by atoms with E-state index in [1.165, 1.54) is 12.8 Å². The van der Waals surface area contributed by atoms with Crippen LogP contribution in [0.2, 0.25) is 0 Å². The summed E-state index contributed by atoms with van der Waals surface area (Å²) in [5.74, 6) is 1.04. The maximum absolute atomic E-state index is 12.2. The van der Waals surface area contributed by atoms with Crippen LogP contribution in [0.5, 0.6) is 0 Å². The van der Waals surface area contributed by atoms with Gasteiger partial charge in [0.25, 0.3) is 0 Å². The molecule has 2 aliphatic rings. The molecule has 1 amide bonds. The molecule has 0 aromatic heterocycles. The third-order valence-electron chi connectivity index (χ3n) is 3.90. The molecule has 2 unspecified atom stereocenters. The maximum atomic E-state index is 12.2. The smallest absolute Gasteiger partial charge is 0.223 e. The van der Waals surface area contributed by atoms with E-state index in [1.54, 1.807) is 0 Å². The predicted octanol–water partition coefficient (Wildman–Crippen LogP) is 3.34. The zero-order chi connectivity index (χ0) is 11.7. The molecule has 0 N–H and O–H groups in total. The minimum atomic E-state index is 0.403. The Bertz CT molecular complexity index is 253. The van der Waals surface area contributed by atoms with E-state index in [0.717, 1.165) is 25.7 Å². The highest BCUT2D eigenvalue weighted by Gasteiger charge is 2.41. The number of alkyl halides is 1. The second kappa shape index (κ2) is 5.07. The van der Waals surface area contributed by atoms with Crippen molar-refractivity contribution in [3.63, 3.8) is 0 Å². The topological polar surface area (TPSA) is 20.3 Å². The van der Waals surface area contributed by atoms with Crippen LogP contribution in [-0.4, -0.2) is 27.7 Å². The summed E-state index contributed by atoms with van der Waals surface area (Å²) in [6.45, 7) is 4.37. The quantitative estimate of drug-likeness (QED) is 0.729. The van der Waals surface area contributed by atoms with E-state index in [-0.39, 0.29) is 0 Å². The van der Waals surface area contributed by atoms with Gasteiger partial charge in [-0.05, 0) is 38.0 Å². The SMILES string of the molecule is CC(C)CCC(=O)N1C2CCC1CC(Br)C2. The molecule has 0 saturated carbocycles. The highest BCUT2D eigenvalue weighted by Crippen LogP contribution is 2.38. The zero-order valence-electron chi connectivity index (χ0n) is 10.3. The van der Waals surface area contributed by atoms with Crippen molar-refractivity contribution in [3.05, 3.63) is 0 Å². The van der Waals surface area contributed by atoms with Gasteiger partial charge in [0.2, 0.25) is 5.91 Å². The summed E-state index contributed by atoms with van der Waals surface area (Å²) in [6.07, 6.45) is 6.54. The first-order valence-electron chi connectivity index (χ1n) is 6.53. The second-order valence-electron chi connectivity index (χ2n) is 5.69. The number of fused-ring (bicyclic) bond motifs is 2. The van der Waals surface area contributed by atoms with Crippen molar-refractivity contribution >= 4 is 21.8 Å². The number of hydrogen-bond donors (Lipinski definition) is 0. The summed E-state index contributed by atoms with van der Waals surface area (Å²) in [4.78, 5) is 15.0. The van der Waals surface area contributed by atoms with E-state index >= 15 is 0 Å². The fraction of sp³-hybridized carbons (Fsp3) is 0.923. The van der Waals surface area contributed by atoms with Crippen LogP contribution >= 0.6 is 15.9 Å². The summed E-state index contributed by atoms with van der Waals surface area (Å²) in [6, 6.07) is 1.06. The van der Waals surface area contributed by atoms with Crippen LogP contribution in [0.15, 0.2) is 0 Å². The largest absolute Gasteiger partial charge is 0.337 e. The molecule has 0 spiro atoms. The number of rotatable bonds is 3. The number of hydrogen-bond acceptors (Lipinski definition) is 1. The van der Waals surface area contributed by atoms with Crippen molar-refractivity contribution in [1.29, 1.82) is 0 Å². The molecular formula is C13H22BrNO. The van der Waals surface area contributed by atoms with Crippen molar-refractivity contribution in [3.8, 4) is 0 Å². The number of amides is 1. The standard InChI is InChI=1S/C13H22BrNO/c1-9(2)3-6-13(16)15-11-4-5-12(15)8-10(14)7-11/h9-12H,3-8H2,1-2H3. The van der Waals surface area contributed by atoms with Gasteiger partial charge in [-0.2, -0.15) is 0 Å². The van der Waals surface area contributed by atoms with Crippen LogP contribution < -0.4 is 0 Å². The number of piperidine rings is 1. The molecule has 0 aromatic rings. The molecule has 2 fully saturated rings. The molecule has 2 rings (SSSR count). The summed E-state index contributed by atoms with van der Waals surface area (Å²) in [5.41, 5.74) is 0. The Morgan fingerprint density at radius 2 is 1.88 bits per heavy atom. The average molecular weight is 288 g/mol. The molecule has 0 radical (unpaired) electrons. The van der Waals surface area contributed by atoms with Crippen molar-refractivity contribution in [2.75, 3.05) is 0 Å². The number of carbonyl (C=O) groups is 1. The third-order valence-corrected chi connectivity index (χ3v) is 4.65. The van der Waals surface area contributed by atoms with E-state index in [1.807, 2.05) is 0 Å². The minimum absolute atomic E-state index is 0.403. The summed E-state index contributed by atoms with van der Waals surface area (Å²) >= 11 is 3.71. The summed E-state index contributed by atoms with van der Waals surface area (Å²) in [7, 11) is 0. The normalized spacial score (nSPS) is 33.5. The van der Waals surface area contributed by atoms with E-state index in [4.69, 9.17) is 0 Å². The summed E-state index contributed by atoms with van der Waals surface area (Å²) in [5, 5.41) is 0. The predicted molar refractivity (Wildman–Crippen MR) is 69.7 cm³/mol. The van der Waals surface area contributed by atoms with Crippen LogP contribution in [-0.2, 0) is 4.79 Å². The van der Waals surface area contributed by atoms with Gasteiger partial charge in [0.1, 0.15) is 0 Å². The van der Waals surface area contributed by atoms with Crippen LogP contribution in [0.1, 0.15) is 52.4 Å². The van der Waals surface area contributed by atoms with Crippen molar-refractivity contribution in [2.45, 2.75) is 69.3 Å². The molecule has 0 aliphatic carbocycles. The maximum Gasteiger partial charge on any atom is 0.223 e. The molecule has 2 saturated heterocycles. The van der Waals surface area contributed by atoms with Crippen LogP contribution in [0, 0.1) is 5.92 Å². The molecular weight excluding hydrogens is 266 g/mol. The third kappa shape index (κ3) is 2.61. The molecule has 92 valence electrons. The first-order chi connectivity index (χ1) is 7.58. The highest BCUT2D eigenvalue weighted by molar-refractivity contribution is 9.09. The Morgan fingerprint density at radius 3 is 2.38 bits per heavy atom.